The molecule has 0 atom stereocenters. The summed E-state index contributed by atoms with van der Waals surface area (Å²) < 4.78 is 5.73. The Balaban J connectivity index is 1.90. The zero-order chi connectivity index (χ0) is 17.3. The van der Waals surface area contributed by atoms with E-state index in [2.05, 4.69) is 15.6 Å². The summed E-state index contributed by atoms with van der Waals surface area (Å²) in [6.07, 6.45) is 0. The van der Waals surface area contributed by atoms with Crippen LogP contribution in [0.1, 0.15) is 6.92 Å². The van der Waals surface area contributed by atoms with E-state index >= 15 is 0 Å². The highest BCUT2D eigenvalue weighted by molar-refractivity contribution is 7.80. The molecule has 8 heteroatoms. The first-order valence-corrected chi connectivity index (χ1v) is 8.03. The van der Waals surface area contributed by atoms with Crippen molar-refractivity contribution >= 4 is 63.2 Å². The van der Waals surface area contributed by atoms with E-state index in [0.29, 0.717) is 32.7 Å². The Kier molecular flexibility index (Phi) is 4.71. The summed E-state index contributed by atoms with van der Waals surface area (Å²) in [5, 5.41) is 6.52. The number of nitrogens with one attached hydrogen (secondary N) is 2. The maximum Gasteiger partial charge on any atom is 0.227 e. The SMILES string of the molecule is CC(=O)NC(=S)Nc1ccc2oc(-c3ccc(Cl)c(Cl)c3)nc2c1. The lowest BCUT2D eigenvalue weighted by atomic mass is 10.2. The number of thiocarbonyl (C=S) groups is 1. The smallest absolute Gasteiger partial charge is 0.227 e. The van der Waals surface area contributed by atoms with Crippen LogP contribution >= 0.6 is 35.4 Å². The van der Waals surface area contributed by atoms with Crippen molar-refractivity contribution in [1.29, 1.82) is 0 Å². The number of anilines is 1. The minimum atomic E-state index is -0.239. The minimum absolute atomic E-state index is 0.218. The van der Waals surface area contributed by atoms with Crippen LogP contribution < -0.4 is 10.6 Å². The van der Waals surface area contributed by atoms with Crippen LogP contribution in [-0.4, -0.2) is 16.0 Å². The third-order valence-electron chi connectivity index (χ3n) is 3.10. The third-order valence-corrected chi connectivity index (χ3v) is 4.04. The number of oxazole rings is 1. The van der Waals surface area contributed by atoms with Crippen molar-refractivity contribution in [2.75, 3.05) is 5.32 Å². The van der Waals surface area contributed by atoms with Crippen LogP contribution in [0.5, 0.6) is 0 Å². The van der Waals surface area contributed by atoms with E-state index in [-0.39, 0.29) is 11.0 Å². The van der Waals surface area contributed by atoms with Crippen LogP contribution in [0.15, 0.2) is 40.8 Å². The molecular formula is C16H11Cl2N3O2S. The van der Waals surface area contributed by atoms with Crippen molar-refractivity contribution in [3.05, 3.63) is 46.4 Å². The average molecular weight is 380 g/mol. The quantitative estimate of drug-likeness (QED) is 0.635. The van der Waals surface area contributed by atoms with Gasteiger partial charge in [-0.25, -0.2) is 4.98 Å². The summed E-state index contributed by atoms with van der Waals surface area (Å²) >= 11 is 17.0. The van der Waals surface area contributed by atoms with Gasteiger partial charge in [0.05, 0.1) is 10.0 Å². The molecule has 24 heavy (non-hydrogen) atoms. The topological polar surface area (TPSA) is 67.2 Å². The highest BCUT2D eigenvalue weighted by atomic mass is 35.5. The first kappa shape index (κ1) is 16.7. The fourth-order valence-electron chi connectivity index (χ4n) is 2.08. The lowest BCUT2D eigenvalue weighted by Crippen LogP contribution is -2.32. The summed E-state index contributed by atoms with van der Waals surface area (Å²) in [4.78, 5) is 15.4. The monoisotopic (exact) mass is 379 g/mol. The summed E-state index contributed by atoms with van der Waals surface area (Å²) in [7, 11) is 0. The van der Waals surface area contributed by atoms with Gasteiger partial charge in [0.2, 0.25) is 11.8 Å². The van der Waals surface area contributed by atoms with Gasteiger partial charge in [-0.1, -0.05) is 23.2 Å². The Morgan fingerprint density at radius 3 is 2.67 bits per heavy atom. The van der Waals surface area contributed by atoms with E-state index in [0.717, 1.165) is 5.56 Å². The molecule has 0 aliphatic heterocycles. The number of carbonyl (C=O) groups is 1. The summed E-state index contributed by atoms with van der Waals surface area (Å²) in [6.45, 7) is 1.39. The highest BCUT2D eigenvalue weighted by Crippen LogP contribution is 2.30. The fourth-order valence-corrected chi connectivity index (χ4v) is 2.64. The number of rotatable bonds is 2. The van der Waals surface area contributed by atoms with Gasteiger partial charge in [-0.05, 0) is 48.6 Å². The Morgan fingerprint density at radius 1 is 1.17 bits per heavy atom. The number of benzene rings is 2. The second-order valence-electron chi connectivity index (χ2n) is 4.97. The van der Waals surface area contributed by atoms with Gasteiger partial charge in [0.25, 0.3) is 0 Å². The number of carbonyl (C=O) groups excluding carboxylic acids is 1. The molecule has 0 spiro atoms. The maximum atomic E-state index is 11.0. The van der Waals surface area contributed by atoms with Crippen molar-refractivity contribution in [2.24, 2.45) is 0 Å². The van der Waals surface area contributed by atoms with Crippen molar-refractivity contribution in [1.82, 2.24) is 10.3 Å². The average Bonchev–Trinajstić information content (AvgIpc) is 2.92. The number of amides is 1. The van der Waals surface area contributed by atoms with E-state index in [1.165, 1.54) is 6.92 Å². The van der Waals surface area contributed by atoms with Crippen molar-refractivity contribution in [3.8, 4) is 11.5 Å². The van der Waals surface area contributed by atoms with Crippen molar-refractivity contribution < 1.29 is 9.21 Å². The fraction of sp³-hybridized carbons (Fsp3) is 0.0625. The molecular weight excluding hydrogens is 369 g/mol. The molecule has 5 nitrogen and oxygen atoms in total. The van der Waals surface area contributed by atoms with Crippen LogP contribution in [0.25, 0.3) is 22.6 Å². The normalized spacial score (nSPS) is 10.6. The van der Waals surface area contributed by atoms with Gasteiger partial charge in [-0.2, -0.15) is 0 Å². The number of nitrogens with zero attached hydrogens (tertiary/aromatic N) is 1. The molecule has 0 fully saturated rings. The maximum absolute atomic E-state index is 11.0. The third kappa shape index (κ3) is 3.67. The zero-order valence-electron chi connectivity index (χ0n) is 12.4. The predicted octanol–water partition coefficient (Wildman–Crippen LogP) is 4.63. The summed E-state index contributed by atoms with van der Waals surface area (Å²) in [5.74, 6) is 0.196. The standard InChI is InChI=1S/C16H11Cl2N3O2S/c1-8(22)19-16(24)20-10-3-5-14-13(7-10)21-15(23-14)9-2-4-11(17)12(18)6-9/h2-7H,1H3,(H2,19,20,22,24). The van der Waals surface area contributed by atoms with E-state index in [1.54, 1.807) is 36.4 Å². The van der Waals surface area contributed by atoms with Gasteiger partial charge < -0.3 is 15.1 Å². The lowest BCUT2D eigenvalue weighted by Gasteiger charge is -2.07. The van der Waals surface area contributed by atoms with E-state index in [4.69, 9.17) is 39.8 Å². The molecule has 1 aromatic heterocycles. The molecule has 0 bridgehead atoms. The number of hydrogen-bond donors (Lipinski definition) is 2. The molecule has 1 heterocycles. The Hall–Kier alpha value is -2.15. The van der Waals surface area contributed by atoms with Crippen LogP contribution in [0.2, 0.25) is 10.0 Å². The van der Waals surface area contributed by atoms with Crippen LogP contribution in [0.3, 0.4) is 0 Å². The van der Waals surface area contributed by atoms with Gasteiger partial charge in [0, 0.05) is 18.2 Å². The molecule has 0 saturated heterocycles. The minimum Gasteiger partial charge on any atom is -0.436 e. The van der Waals surface area contributed by atoms with Crippen LogP contribution in [0.4, 0.5) is 5.69 Å². The van der Waals surface area contributed by atoms with Gasteiger partial charge in [-0.15, -0.1) is 0 Å². The van der Waals surface area contributed by atoms with Gasteiger partial charge >= 0.3 is 0 Å². The predicted molar refractivity (Wildman–Crippen MR) is 99.5 cm³/mol. The van der Waals surface area contributed by atoms with Gasteiger partial charge in [0.1, 0.15) is 5.52 Å². The summed E-state index contributed by atoms with van der Waals surface area (Å²) in [6, 6.07) is 10.5. The first-order chi connectivity index (χ1) is 11.4. The van der Waals surface area contributed by atoms with Crippen LogP contribution in [-0.2, 0) is 4.79 Å². The van der Waals surface area contributed by atoms with E-state index in [9.17, 15) is 4.79 Å². The Morgan fingerprint density at radius 2 is 1.96 bits per heavy atom. The molecule has 0 aliphatic rings. The molecule has 0 aliphatic carbocycles. The molecule has 2 aromatic carbocycles. The molecule has 1 amide bonds. The van der Waals surface area contributed by atoms with E-state index in [1.807, 2.05) is 0 Å². The molecule has 3 aromatic rings. The number of hydrogen-bond acceptors (Lipinski definition) is 4. The van der Waals surface area contributed by atoms with Gasteiger partial charge in [-0.3, -0.25) is 4.79 Å². The molecule has 122 valence electrons. The lowest BCUT2D eigenvalue weighted by molar-refractivity contribution is -0.117. The van der Waals surface area contributed by atoms with Crippen molar-refractivity contribution in [2.45, 2.75) is 6.92 Å². The Labute approximate surface area is 153 Å². The van der Waals surface area contributed by atoms with Crippen molar-refractivity contribution in [3.63, 3.8) is 0 Å². The molecule has 2 N–H and O–H groups in total. The molecule has 0 unspecified atom stereocenters. The summed E-state index contributed by atoms with van der Waals surface area (Å²) in [5.41, 5.74) is 2.68. The van der Waals surface area contributed by atoms with Gasteiger partial charge in [0.15, 0.2) is 10.7 Å². The second kappa shape index (κ2) is 6.76. The molecule has 0 radical (unpaired) electrons. The Bertz CT molecular complexity index is 956. The number of fused-ring (bicyclic) bond motifs is 1. The molecule has 3 rings (SSSR count). The second-order valence-corrected chi connectivity index (χ2v) is 6.19. The number of halogens is 2. The van der Waals surface area contributed by atoms with Crippen LogP contribution in [0, 0.1) is 0 Å². The zero-order valence-corrected chi connectivity index (χ0v) is 14.7. The largest absolute Gasteiger partial charge is 0.436 e. The highest BCUT2D eigenvalue weighted by Gasteiger charge is 2.11. The van der Waals surface area contributed by atoms with E-state index < -0.39 is 0 Å². The number of aromatic nitrogens is 1. The molecule has 0 saturated carbocycles. The first-order valence-electron chi connectivity index (χ1n) is 6.87.